The van der Waals surface area contributed by atoms with Gasteiger partial charge in [0.25, 0.3) is 0 Å². The van der Waals surface area contributed by atoms with Crippen molar-refractivity contribution in [3.05, 3.63) is 34.9 Å². The van der Waals surface area contributed by atoms with Crippen LogP contribution in [0.15, 0.2) is 34.9 Å². The first kappa shape index (κ1) is 11.7. The normalized spacial score (nSPS) is 29.1. The first-order valence-corrected chi connectivity index (χ1v) is 5.49. The van der Waals surface area contributed by atoms with E-state index in [-0.39, 0.29) is 11.8 Å². The van der Waals surface area contributed by atoms with E-state index < -0.39 is 5.92 Å². The van der Waals surface area contributed by atoms with Gasteiger partial charge in [0.2, 0.25) is 0 Å². The molecule has 2 rings (SSSR count). The Labute approximate surface area is 105 Å². The van der Waals surface area contributed by atoms with E-state index in [0.29, 0.717) is 23.1 Å². The summed E-state index contributed by atoms with van der Waals surface area (Å²) in [4.78, 5) is 0. The molecule has 0 aromatic heterocycles. The predicted octanol–water partition coefficient (Wildman–Crippen LogP) is 2.13. The van der Waals surface area contributed by atoms with E-state index in [2.05, 4.69) is 6.07 Å². The molecule has 0 saturated heterocycles. The summed E-state index contributed by atoms with van der Waals surface area (Å²) in [7, 11) is 0. The zero-order chi connectivity index (χ0) is 13.1. The van der Waals surface area contributed by atoms with Gasteiger partial charge in [-0.25, -0.2) is 0 Å². The van der Waals surface area contributed by atoms with Crippen LogP contribution in [0.3, 0.4) is 0 Å². The Morgan fingerprint density at radius 2 is 1.56 bits per heavy atom. The smallest absolute Gasteiger partial charge is 0.100 e. The molecule has 2 aliphatic rings. The summed E-state index contributed by atoms with van der Waals surface area (Å²) in [5, 5.41) is 35.9. The molecule has 4 nitrogen and oxygen atoms in total. The number of fused-ring (bicyclic) bond motifs is 1. The van der Waals surface area contributed by atoms with E-state index >= 15 is 0 Å². The zero-order valence-electron chi connectivity index (χ0n) is 9.46. The summed E-state index contributed by atoms with van der Waals surface area (Å²) in [6, 6.07) is 8.13. The summed E-state index contributed by atoms with van der Waals surface area (Å²) >= 11 is 0. The molecule has 0 aliphatic heterocycles. The van der Waals surface area contributed by atoms with Gasteiger partial charge in [0, 0.05) is 11.5 Å². The van der Waals surface area contributed by atoms with Crippen molar-refractivity contribution in [1.82, 2.24) is 0 Å². The van der Waals surface area contributed by atoms with Crippen LogP contribution in [0.4, 0.5) is 0 Å². The highest BCUT2D eigenvalue weighted by atomic mass is 14.4. The molecule has 4 heteroatoms. The summed E-state index contributed by atoms with van der Waals surface area (Å²) < 4.78 is 0. The van der Waals surface area contributed by atoms with Crippen molar-refractivity contribution in [3.63, 3.8) is 0 Å². The maximum Gasteiger partial charge on any atom is 0.100 e. The number of nitrogens with zero attached hydrogens (tertiary/aromatic N) is 4. The van der Waals surface area contributed by atoms with Crippen LogP contribution in [0, 0.1) is 63.1 Å². The lowest BCUT2D eigenvalue weighted by atomic mass is 9.72. The Balaban J connectivity index is 2.45. The summed E-state index contributed by atoms with van der Waals surface area (Å²) in [6.07, 6.45) is 5.73. The highest BCUT2D eigenvalue weighted by molar-refractivity contribution is 5.54. The molecule has 0 bridgehead atoms. The lowest BCUT2D eigenvalue weighted by molar-refractivity contribution is 0.439. The number of hydrogen-bond donors (Lipinski definition) is 0. The highest BCUT2D eigenvalue weighted by Gasteiger charge is 2.32. The zero-order valence-corrected chi connectivity index (χ0v) is 9.46. The van der Waals surface area contributed by atoms with Gasteiger partial charge in [-0.2, -0.15) is 21.0 Å². The molecule has 0 amide bonds. The van der Waals surface area contributed by atoms with Crippen LogP contribution >= 0.6 is 0 Å². The van der Waals surface area contributed by atoms with Crippen LogP contribution in [0.25, 0.3) is 0 Å². The second-order valence-corrected chi connectivity index (χ2v) is 4.28. The summed E-state index contributed by atoms with van der Waals surface area (Å²) in [6.45, 7) is 0. The van der Waals surface area contributed by atoms with Crippen LogP contribution in [0.1, 0.15) is 6.42 Å². The topological polar surface area (TPSA) is 95.2 Å². The van der Waals surface area contributed by atoms with Crippen LogP contribution in [-0.4, -0.2) is 0 Å². The second-order valence-electron chi connectivity index (χ2n) is 4.28. The van der Waals surface area contributed by atoms with Gasteiger partial charge in [0.05, 0.1) is 29.2 Å². The van der Waals surface area contributed by atoms with Crippen LogP contribution in [0.2, 0.25) is 0 Å². The molecular formula is C14H8N4. The van der Waals surface area contributed by atoms with Gasteiger partial charge < -0.3 is 0 Å². The third-order valence-electron chi connectivity index (χ3n) is 3.31. The molecule has 0 spiro atoms. The SMILES string of the molecule is N#CC1=CC2C=C(C#N)C(C#N)CC2C=C1C#N. The van der Waals surface area contributed by atoms with Crippen molar-refractivity contribution >= 4 is 0 Å². The van der Waals surface area contributed by atoms with Crippen LogP contribution < -0.4 is 0 Å². The molecule has 3 unspecified atom stereocenters. The van der Waals surface area contributed by atoms with Gasteiger partial charge in [-0.1, -0.05) is 18.2 Å². The first-order valence-electron chi connectivity index (χ1n) is 5.49. The third-order valence-corrected chi connectivity index (χ3v) is 3.31. The van der Waals surface area contributed by atoms with Gasteiger partial charge >= 0.3 is 0 Å². The van der Waals surface area contributed by atoms with Crippen molar-refractivity contribution in [3.8, 4) is 24.3 Å². The minimum Gasteiger partial charge on any atom is -0.198 e. The molecule has 0 fully saturated rings. The quantitative estimate of drug-likeness (QED) is 0.639. The van der Waals surface area contributed by atoms with E-state index in [1.807, 2.05) is 18.2 Å². The minimum atomic E-state index is -0.413. The van der Waals surface area contributed by atoms with Gasteiger partial charge in [-0.3, -0.25) is 0 Å². The van der Waals surface area contributed by atoms with Crippen LogP contribution in [-0.2, 0) is 0 Å². The molecule has 18 heavy (non-hydrogen) atoms. The predicted molar refractivity (Wildman–Crippen MR) is 61.8 cm³/mol. The van der Waals surface area contributed by atoms with Gasteiger partial charge in [-0.15, -0.1) is 0 Å². The van der Waals surface area contributed by atoms with Crippen LogP contribution in [0.5, 0.6) is 0 Å². The second kappa shape index (κ2) is 4.58. The molecule has 0 aromatic rings. The van der Waals surface area contributed by atoms with Crippen molar-refractivity contribution in [2.24, 2.45) is 17.8 Å². The van der Waals surface area contributed by atoms with Gasteiger partial charge in [0.1, 0.15) is 12.1 Å². The average molecular weight is 232 g/mol. The van der Waals surface area contributed by atoms with Crippen molar-refractivity contribution < 1.29 is 0 Å². The molecule has 0 aromatic carbocycles. The van der Waals surface area contributed by atoms with E-state index in [9.17, 15) is 0 Å². The maximum absolute atomic E-state index is 9.01. The minimum absolute atomic E-state index is 0.0264. The van der Waals surface area contributed by atoms with Crippen molar-refractivity contribution in [2.45, 2.75) is 6.42 Å². The fourth-order valence-electron chi connectivity index (χ4n) is 2.37. The average Bonchev–Trinajstić information content (AvgIpc) is 2.43. The molecule has 0 saturated carbocycles. The van der Waals surface area contributed by atoms with E-state index in [4.69, 9.17) is 21.0 Å². The Kier molecular flexibility index (Phi) is 2.97. The van der Waals surface area contributed by atoms with E-state index in [1.54, 1.807) is 18.2 Å². The summed E-state index contributed by atoms with van der Waals surface area (Å²) in [5.41, 5.74) is 1.17. The molecule has 2 aliphatic carbocycles. The Morgan fingerprint density at radius 1 is 0.889 bits per heavy atom. The monoisotopic (exact) mass is 232 g/mol. The standard InChI is InChI=1S/C14H8N4/c15-5-11-1-9-2-13(7-17)14(8-18)4-10(9)3-12(11)6-16/h1-3,9-10,14H,4H2. The number of rotatable bonds is 0. The number of allylic oxidation sites excluding steroid dienone is 6. The molecule has 0 N–H and O–H groups in total. The Morgan fingerprint density at radius 3 is 2.11 bits per heavy atom. The highest BCUT2D eigenvalue weighted by Crippen LogP contribution is 2.39. The first-order chi connectivity index (χ1) is 8.73. The molecule has 3 atom stereocenters. The molecule has 0 heterocycles. The molecular weight excluding hydrogens is 224 g/mol. The van der Waals surface area contributed by atoms with Gasteiger partial charge in [-0.05, 0) is 12.3 Å². The Bertz CT molecular complexity index is 637. The maximum atomic E-state index is 9.01. The fourth-order valence-corrected chi connectivity index (χ4v) is 2.37. The van der Waals surface area contributed by atoms with Gasteiger partial charge in [0.15, 0.2) is 0 Å². The fraction of sp³-hybridized carbons (Fsp3) is 0.286. The van der Waals surface area contributed by atoms with E-state index in [0.717, 1.165) is 0 Å². The molecule has 84 valence electrons. The van der Waals surface area contributed by atoms with E-state index in [1.165, 1.54) is 0 Å². The number of nitriles is 4. The lowest BCUT2D eigenvalue weighted by Crippen LogP contribution is -2.23. The molecule has 0 radical (unpaired) electrons. The third kappa shape index (κ3) is 1.78. The Hall–Kier alpha value is -2.82. The summed E-state index contributed by atoms with van der Waals surface area (Å²) in [5.74, 6) is -0.445. The van der Waals surface area contributed by atoms with Crippen molar-refractivity contribution in [1.29, 1.82) is 21.0 Å². The lowest BCUT2D eigenvalue weighted by Gasteiger charge is -2.29. The van der Waals surface area contributed by atoms with Crippen molar-refractivity contribution in [2.75, 3.05) is 0 Å². The number of hydrogen-bond acceptors (Lipinski definition) is 4. The largest absolute Gasteiger partial charge is 0.198 e.